The Kier molecular flexibility index (Phi) is 3.72. The molecule has 3 N–H and O–H groups in total. The number of hydrogen-bond acceptors (Lipinski definition) is 3. The Morgan fingerprint density at radius 1 is 1.20 bits per heavy atom. The monoisotopic (exact) mass is 265 g/mol. The fraction of sp³-hybridized carbons (Fsp3) is 0.125. The van der Waals surface area contributed by atoms with Gasteiger partial charge in [-0.1, -0.05) is 18.2 Å². The summed E-state index contributed by atoms with van der Waals surface area (Å²) in [6.45, 7) is 3.71. The van der Waals surface area contributed by atoms with Gasteiger partial charge in [0.15, 0.2) is 0 Å². The summed E-state index contributed by atoms with van der Waals surface area (Å²) in [5.41, 5.74) is 9.58. The SMILES string of the molecule is Cc1ccc(C(=O)Nc2cccc(C)c2C#N)cc1N. The number of nitrogens with zero attached hydrogens (tertiary/aromatic N) is 1. The van der Waals surface area contributed by atoms with Crippen LogP contribution in [0.1, 0.15) is 27.0 Å². The van der Waals surface area contributed by atoms with Gasteiger partial charge in [-0.3, -0.25) is 4.79 Å². The molecule has 0 aromatic heterocycles. The Bertz CT molecular complexity index is 714. The Hall–Kier alpha value is -2.80. The van der Waals surface area contributed by atoms with Crippen molar-refractivity contribution in [3.63, 3.8) is 0 Å². The lowest BCUT2D eigenvalue weighted by atomic mass is 10.1. The number of benzene rings is 2. The normalized spacial score (nSPS) is 9.85. The van der Waals surface area contributed by atoms with Gasteiger partial charge in [0.2, 0.25) is 0 Å². The fourth-order valence-electron chi connectivity index (χ4n) is 1.90. The summed E-state index contributed by atoms with van der Waals surface area (Å²) >= 11 is 0. The lowest BCUT2D eigenvalue weighted by Gasteiger charge is -2.09. The first kappa shape index (κ1) is 13.6. The molecule has 2 aromatic carbocycles. The summed E-state index contributed by atoms with van der Waals surface area (Å²) in [5, 5.41) is 11.9. The van der Waals surface area contributed by atoms with E-state index in [1.54, 1.807) is 30.3 Å². The van der Waals surface area contributed by atoms with Gasteiger partial charge in [0, 0.05) is 11.3 Å². The lowest BCUT2D eigenvalue weighted by molar-refractivity contribution is 0.102. The molecule has 0 radical (unpaired) electrons. The van der Waals surface area contributed by atoms with Gasteiger partial charge in [0.05, 0.1) is 11.3 Å². The van der Waals surface area contributed by atoms with Crippen molar-refractivity contribution in [3.05, 3.63) is 58.7 Å². The number of nitrogens with two attached hydrogens (primary N) is 1. The third kappa shape index (κ3) is 2.62. The standard InChI is InChI=1S/C16H15N3O/c1-10-4-3-5-15(13(10)9-17)19-16(20)12-7-6-11(2)14(18)8-12/h3-8H,18H2,1-2H3,(H,19,20). The number of aryl methyl sites for hydroxylation is 2. The van der Waals surface area contributed by atoms with Crippen LogP contribution in [0.5, 0.6) is 0 Å². The molecule has 0 atom stereocenters. The number of nitrogens with one attached hydrogen (secondary N) is 1. The van der Waals surface area contributed by atoms with E-state index in [4.69, 9.17) is 11.0 Å². The van der Waals surface area contributed by atoms with Gasteiger partial charge in [-0.05, 0) is 43.2 Å². The summed E-state index contributed by atoms with van der Waals surface area (Å²) in [4.78, 5) is 12.2. The minimum Gasteiger partial charge on any atom is -0.398 e. The Morgan fingerprint density at radius 3 is 2.60 bits per heavy atom. The van der Waals surface area contributed by atoms with E-state index in [1.807, 2.05) is 19.9 Å². The van der Waals surface area contributed by atoms with E-state index in [9.17, 15) is 4.79 Å². The predicted molar refractivity (Wildman–Crippen MR) is 79.4 cm³/mol. The topological polar surface area (TPSA) is 78.9 Å². The molecular weight excluding hydrogens is 250 g/mol. The second-order valence-corrected chi connectivity index (χ2v) is 4.63. The van der Waals surface area contributed by atoms with Gasteiger partial charge < -0.3 is 11.1 Å². The molecule has 0 aliphatic heterocycles. The highest BCUT2D eigenvalue weighted by Crippen LogP contribution is 2.20. The quantitative estimate of drug-likeness (QED) is 0.819. The van der Waals surface area contributed by atoms with Crippen LogP contribution in [-0.4, -0.2) is 5.91 Å². The highest BCUT2D eigenvalue weighted by atomic mass is 16.1. The summed E-state index contributed by atoms with van der Waals surface area (Å²) < 4.78 is 0. The van der Waals surface area contributed by atoms with E-state index in [0.29, 0.717) is 22.5 Å². The maximum absolute atomic E-state index is 12.2. The van der Waals surface area contributed by atoms with Crippen LogP contribution in [0.4, 0.5) is 11.4 Å². The van der Waals surface area contributed by atoms with Gasteiger partial charge in [-0.2, -0.15) is 5.26 Å². The van der Waals surface area contributed by atoms with Gasteiger partial charge in [0.1, 0.15) is 6.07 Å². The zero-order valence-electron chi connectivity index (χ0n) is 11.4. The van der Waals surface area contributed by atoms with Crippen LogP contribution < -0.4 is 11.1 Å². The Labute approximate surface area is 117 Å². The highest BCUT2D eigenvalue weighted by molar-refractivity contribution is 6.05. The predicted octanol–water partition coefficient (Wildman–Crippen LogP) is 3.01. The molecule has 0 aliphatic rings. The average molecular weight is 265 g/mol. The van der Waals surface area contributed by atoms with Gasteiger partial charge >= 0.3 is 0 Å². The Balaban J connectivity index is 2.31. The van der Waals surface area contributed by atoms with Crippen LogP contribution in [0.3, 0.4) is 0 Å². The third-order valence-corrected chi connectivity index (χ3v) is 3.17. The number of hydrogen-bond donors (Lipinski definition) is 2. The van der Waals surface area contributed by atoms with Gasteiger partial charge in [0.25, 0.3) is 5.91 Å². The van der Waals surface area contributed by atoms with E-state index in [2.05, 4.69) is 11.4 Å². The molecule has 100 valence electrons. The van der Waals surface area contributed by atoms with Crippen molar-refractivity contribution in [2.24, 2.45) is 0 Å². The highest BCUT2D eigenvalue weighted by Gasteiger charge is 2.11. The number of amides is 1. The summed E-state index contributed by atoms with van der Waals surface area (Å²) in [5.74, 6) is -0.279. The number of carbonyl (C=O) groups excluding carboxylic acids is 1. The lowest BCUT2D eigenvalue weighted by Crippen LogP contribution is -2.13. The van der Waals surface area contributed by atoms with Crippen LogP contribution in [0.2, 0.25) is 0 Å². The molecule has 20 heavy (non-hydrogen) atoms. The number of rotatable bonds is 2. The largest absolute Gasteiger partial charge is 0.398 e. The fourth-order valence-corrected chi connectivity index (χ4v) is 1.90. The van der Waals surface area contributed by atoms with E-state index in [0.717, 1.165) is 11.1 Å². The minimum atomic E-state index is -0.279. The van der Waals surface area contributed by atoms with Crippen LogP contribution >= 0.6 is 0 Å². The maximum atomic E-state index is 12.2. The molecule has 0 aliphatic carbocycles. The molecule has 4 nitrogen and oxygen atoms in total. The first-order chi connectivity index (χ1) is 9.52. The van der Waals surface area contributed by atoms with Crippen molar-refractivity contribution >= 4 is 17.3 Å². The van der Waals surface area contributed by atoms with E-state index in [1.165, 1.54) is 0 Å². The Morgan fingerprint density at radius 2 is 1.95 bits per heavy atom. The maximum Gasteiger partial charge on any atom is 0.255 e. The number of anilines is 2. The van der Waals surface area contributed by atoms with Crippen molar-refractivity contribution in [1.29, 1.82) is 5.26 Å². The zero-order valence-corrected chi connectivity index (χ0v) is 11.4. The average Bonchev–Trinajstić information content (AvgIpc) is 2.42. The molecule has 0 fully saturated rings. The van der Waals surface area contributed by atoms with Crippen molar-refractivity contribution < 1.29 is 4.79 Å². The van der Waals surface area contributed by atoms with Gasteiger partial charge in [-0.25, -0.2) is 0 Å². The molecule has 1 amide bonds. The second-order valence-electron chi connectivity index (χ2n) is 4.63. The molecule has 0 saturated carbocycles. The number of nitrogen functional groups attached to an aromatic ring is 1. The molecule has 0 unspecified atom stereocenters. The first-order valence-electron chi connectivity index (χ1n) is 6.20. The van der Waals surface area contributed by atoms with E-state index >= 15 is 0 Å². The van der Waals surface area contributed by atoms with Crippen molar-refractivity contribution in [2.45, 2.75) is 13.8 Å². The van der Waals surface area contributed by atoms with Crippen LogP contribution in [0.15, 0.2) is 36.4 Å². The molecule has 0 spiro atoms. The number of carbonyl (C=O) groups is 1. The molecule has 2 aromatic rings. The second kappa shape index (κ2) is 5.45. The molecule has 0 saturated heterocycles. The van der Waals surface area contributed by atoms with Crippen LogP contribution in [-0.2, 0) is 0 Å². The van der Waals surface area contributed by atoms with Crippen molar-refractivity contribution in [3.8, 4) is 6.07 Å². The smallest absolute Gasteiger partial charge is 0.255 e. The third-order valence-electron chi connectivity index (χ3n) is 3.17. The summed E-state index contributed by atoms with van der Waals surface area (Å²) in [7, 11) is 0. The minimum absolute atomic E-state index is 0.279. The van der Waals surface area contributed by atoms with E-state index < -0.39 is 0 Å². The van der Waals surface area contributed by atoms with Crippen LogP contribution in [0.25, 0.3) is 0 Å². The molecule has 4 heteroatoms. The van der Waals surface area contributed by atoms with Crippen molar-refractivity contribution in [2.75, 3.05) is 11.1 Å². The molecule has 2 rings (SSSR count). The molecular formula is C16H15N3O. The van der Waals surface area contributed by atoms with E-state index in [-0.39, 0.29) is 5.91 Å². The van der Waals surface area contributed by atoms with Crippen LogP contribution in [0, 0.1) is 25.2 Å². The summed E-state index contributed by atoms with van der Waals surface area (Å²) in [6, 6.07) is 12.6. The first-order valence-corrected chi connectivity index (χ1v) is 6.20. The van der Waals surface area contributed by atoms with Crippen molar-refractivity contribution in [1.82, 2.24) is 0 Å². The molecule has 0 bridgehead atoms. The summed E-state index contributed by atoms with van der Waals surface area (Å²) in [6.07, 6.45) is 0. The van der Waals surface area contributed by atoms with Gasteiger partial charge in [-0.15, -0.1) is 0 Å². The number of nitriles is 1. The molecule has 0 heterocycles. The zero-order chi connectivity index (χ0) is 14.7.